The van der Waals surface area contributed by atoms with Gasteiger partial charge in [-0.1, -0.05) is 19.3 Å². The Labute approximate surface area is 89.8 Å². The molecule has 2 heteroatoms. The molecular weight excluding hydrogens is 192 g/mol. The van der Waals surface area contributed by atoms with Gasteiger partial charge in [0.2, 0.25) is 0 Å². The summed E-state index contributed by atoms with van der Waals surface area (Å²) in [6.45, 7) is 4.21. The molecular formula is C12H18OS. The number of aliphatic hydroxyl groups excluding tert-OH is 1. The van der Waals surface area contributed by atoms with Crippen molar-refractivity contribution in [3.05, 3.63) is 21.4 Å². The van der Waals surface area contributed by atoms with Crippen LogP contribution >= 0.6 is 11.3 Å². The van der Waals surface area contributed by atoms with Gasteiger partial charge in [0.25, 0.3) is 0 Å². The van der Waals surface area contributed by atoms with Crippen molar-refractivity contribution in [1.82, 2.24) is 0 Å². The molecule has 1 nitrogen and oxygen atoms in total. The molecule has 1 aromatic rings. The van der Waals surface area contributed by atoms with Crippen molar-refractivity contribution in [2.45, 2.75) is 45.6 Å². The molecule has 1 saturated carbocycles. The summed E-state index contributed by atoms with van der Waals surface area (Å²) >= 11 is 1.75. The fraction of sp³-hybridized carbons (Fsp3) is 0.667. The fourth-order valence-electron chi connectivity index (χ4n) is 2.14. The lowest BCUT2D eigenvalue weighted by molar-refractivity contribution is 0.121. The van der Waals surface area contributed by atoms with Gasteiger partial charge < -0.3 is 5.11 Å². The molecule has 1 atom stereocenters. The average molecular weight is 210 g/mol. The number of hydrogen-bond acceptors (Lipinski definition) is 2. The van der Waals surface area contributed by atoms with Gasteiger partial charge in [0.15, 0.2) is 0 Å². The zero-order valence-electron chi connectivity index (χ0n) is 8.92. The van der Waals surface area contributed by atoms with E-state index in [1.807, 2.05) is 0 Å². The van der Waals surface area contributed by atoms with E-state index in [9.17, 15) is 5.11 Å². The van der Waals surface area contributed by atoms with E-state index in [4.69, 9.17) is 0 Å². The van der Waals surface area contributed by atoms with Crippen molar-refractivity contribution in [1.29, 1.82) is 0 Å². The molecule has 0 aromatic carbocycles. The van der Waals surface area contributed by atoms with E-state index in [1.165, 1.54) is 34.6 Å². The molecule has 1 heterocycles. The molecule has 2 rings (SSSR count). The van der Waals surface area contributed by atoms with Gasteiger partial charge in [-0.25, -0.2) is 0 Å². The number of hydrogen-bond donors (Lipinski definition) is 1. The normalized spacial score (nSPS) is 19.4. The molecule has 1 unspecified atom stereocenters. The van der Waals surface area contributed by atoms with Crippen LogP contribution in [0, 0.1) is 19.8 Å². The zero-order chi connectivity index (χ0) is 10.1. The van der Waals surface area contributed by atoms with Crippen molar-refractivity contribution >= 4 is 11.3 Å². The number of aliphatic hydroxyl groups is 1. The van der Waals surface area contributed by atoms with E-state index in [1.54, 1.807) is 11.3 Å². The highest BCUT2D eigenvalue weighted by Crippen LogP contribution is 2.37. The third-order valence-corrected chi connectivity index (χ3v) is 4.42. The van der Waals surface area contributed by atoms with E-state index in [-0.39, 0.29) is 6.10 Å². The Kier molecular flexibility index (Phi) is 2.93. The summed E-state index contributed by atoms with van der Waals surface area (Å²) in [5.74, 6) is 0.784. The Hall–Kier alpha value is -0.340. The minimum absolute atomic E-state index is 0.209. The molecule has 0 saturated heterocycles. The summed E-state index contributed by atoms with van der Waals surface area (Å²) < 4.78 is 0. The van der Waals surface area contributed by atoms with Crippen molar-refractivity contribution in [2.75, 3.05) is 0 Å². The lowest BCUT2D eigenvalue weighted by Gasteiger charge is -2.27. The Balaban J connectivity index is 2.02. The Morgan fingerprint density at radius 1 is 1.50 bits per heavy atom. The second-order valence-electron chi connectivity index (χ2n) is 4.45. The Bertz CT molecular complexity index is 312. The smallest absolute Gasteiger partial charge is 0.0887 e. The van der Waals surface area contributed by atoms with Crippen molar-refractivity contribution < 1.29 is 5.11 Å². The quantitative estimate of drug-likeness (QED) is 0.808. The standard InChI is InChI=1S/C12H18OS/c1-8-6-9(2)14-12(8)11(13)7-10-4-3-5-10/h6,10-11,13H,3-5,7H2,1-2H3. The van der Waals surface area contributed by atoms with Crippen LogP contribution in [-0.2, 0) is 0 Å². The summed E-state index contributed by atoms with van der Waals surface area (Å²) in [6, 6.07) is 2.17. The van der Waals surface area contributed by atoms with Gasteiger partial charge in [0.05, 0.1) is 6.10 Å². The second-order valence-corrected chi connectivity index (χ2v) is 5.74. The predicted octanol–water partition coefficient (Wildman–Crippen LogP) is 3.59. The minimum atomic E-state index is -0.209. The molecule has 1 N–H and O–H groups in total. The minimum Gasteiger partial charge on any atom is -0.388 e. The summed E-state index contributed by atoms with van der Waals surface area (Å²) in [4.78, 5) is 2.50. The van der Waals surface area contributed by atoms with Gasteiger partial charge in [-0.05, 0) is 37.8 Å². The molecule has 1 aliphatic carbocycles. The van der Waals surface area contributed by atoms with E-state index >= 15 is 0 Å². The molecule has 1 aliphatic rings. The van der Waals surface area contributed by atoms with E-state index in [0.29, 0.717) is 0 Å². The van der Waals surface area contributed by atoms with E-state index in [0.717, 1.165) is 12.3 Å². The zero-order valence-corrected chi connectivity index (χ0v) is 9.73. The van der Waals surface area contributed by atoms with E-state index in [2.05, 4.69) is 19.9 Å². The Morgan fingerprint density at radius 2 is 2.21 bits per heavy atom. The predicted molar refractivity (Wildman–Crippen MR) is 60.7 cm³/mol. The monoisotopic (exact) mass is 210 g/mol. The first-order valence-electron chi connectivity index (χ1n) is 5.42. The summed E-state index contributed by atoms with van der Waals surface area (Å²) in [5, 5.41) is 10.1. The van der Waals surface area contributed by atoms with Gasteiger partial charge in [-0.2, -0.15) is 0 Å². The first kappa shape index (κ1) is 10.2. The fourth-order valence-corrected chi connectivity index (χ4v) is 3.18. The van der Waals surface area contributed by atoms with Crippen LogP contribution in [0.3, 0.4) is 0 Å². The maximum absolute atomic E-state index is 10.1. The first-order valence-corrected chi connectivity index (χ1v) is 6.23. The number of thiophene rings is 1. The molecule has 0 bridgehead atoms. The maximum atomic E-state index is 10.1. The molecule has 0 aliphatic heterocycles. The lowest BCUT2D eigenvalue weighted by Crippen LogP contribution is -2.14. The molecule has 1 fully saturated rings. The summed E-state index contributed by atoms with van der Waals surface area (Å²) in [7, 11) is 0. The van der Waals surface area contributed by atoms with Crippen LogP contribution < -0.4 is 0 Å². The van der Waals surface area contributed by atoms with Gasteiger partial charge in [-0.3, -0.25) is 0 Å². The van der Waals surface area contributed by atoms with Crippen LogP contribution in [-0.4, -0.2) is 5.11 Å². The molecule has 1 aromatic heterocycles. The molecule has 78 valence electrons. The highest BCUT2D eigenvalue weighted by atomic mass is 32.1. The van der Waals surface area contributed by atoms with Crippen molar-refractivity contribution in [3.63, 3.8) is 0 Å². The second kappa shape index (κ2) is 4.03. The lowest BCUT2D eigenvalue weighted by atomic mass is 9.81. The number of rotatable bonds is 3. The van der Waals surface area contributed by atoms with Gasteiger partial charge in [0.1, 0.15) is 0 Å². The largest absolute Gasteiger partial charge is 0.388 e. The van der Waals surface area contributed by atoms with Gasteiger partial charge in [0, 0.05) is 9.75 Å². The maximum Gasteiger partial charge on any atom is 0.0887 e. The van der Waals surface area contributed by atoms with Crippen LogP contribution in [0.25, 0.3) is 0 Å². The van der Waals surface area contributed by atoms with Gasteiger partial charge >= 0.3 is 0 Å². The number of aryl methyl sites for hydroxylation is 2. The molecule has 14 heavy (non-hydrogen) atoms. The van der Waals surface area contributed by atoms with Crippen LogP contribution in [0.15, 0.2) is 6.07 Å². The topological polar surface area (TPSA) is 20.2 Å². The van der Waals surface area contributed by atoms with Crippen LogP contribution in [0.5, 0.6) is 0 Å². The highest BCUT2D eigenvalue weighted by molar-refractivity contribution is 7.12. The van der Waals surface area contributed by atoms with E-state index < -0.39 is 0 Å². The van der Waals surface area contributed by atoms with Crippen molar-refractivity contribution in [3.8, 4) is 0 Å². The SMILES string of the molecule is Cc1cc(C)c(C(O)CC2CCC2)s1. The molecule has 0 radical (unpaired) electrons. The van der Waals surface area contributed by atoms with Crippen LogP contribution in [0.1, 0.15) is 47.1 Å². The van der Waals surface area contributed by atoms with Gasteiger partial charge in [-0.15, -0.1) is 11.3 Å². The van der Waals surface area contributed by atoms with Crippen molar-refractivity contribution in [2.24, 2.45) is 5.92 Å². The van der Waals surface area contributed by atoms with Crippen LogP contribution in [0.2, 0.25) is 0 Å². The molecule has 0 amide bonds. The average Bonchev–Trinajstić information content (AvgIpc) is 2.37. The Morgan fingerprint density at radius 3 is 2.64 bits per heavy atom. The summed E-state index contributed by atoms with van der Waals surface area (Å²) in [5.41, 5.74) is 1.26. The first-order chi connectivity index (χ1) is 6.66. The third-order valence-electron chi connectivity index (χ3n) is 3.16. The van der Waals surface area contributed by atoms with Crippen LogP contribution in [0.4, 0.5) is 0 Å². The third kappa shape index (κ3) is 2.01. The summed E-state index contributed by atoms with van der Waals surface area (Å²) in [6.07, 6.45) is 4.76. The highest BCUT2D eigenvalue weighted by Gasteiger charge is 2.23. The molecule has 0 spiro atoms.